The highest BCUT2D eigenvalue weighted by atomic mass is 35.5. The maximum Gasteiger partial charge on any atom is 0.241 e. The van der Waals surface area contributed by atoms with Gasteiger partial charge in [-0.3, -0.25) is 9.59 Å². The number of methoxy groups -OCH3 is 2. The molecule has 3 aromatic rings. The third-order valence-electron chi connectivity index (χ3n) is 7.35. The molecular formula is C29H23ClFN3O4. The van der Waals surface area contributed by atoms with Crippen LogP contribution in [0.4, 0.5) is 10.1 Å². The Morgan fingerprint density at radius 3 is 2.39 bits per heavy atom. The number of ketones is 1. The molecule has 2 heterocycles. The number of hydrogen-bond acceptors (Lipinski definition) is 6. The van der Waals surface area contributed by atoms with Gasteiger partial charge in [-0.15, -0.1) is 0 Å². The fourth-order valence-corrected chi connectivity index (χ4v) is 5.79. The number of ether oxygens (including phenoxy) is 2. The first-order valence-corrected chi connectivity index (χ1v) is 12.1. The zero-order chi connectivity index (χ0) is 27.2. The summed E-state index contributed by atoms with van der Waals surface area (Å²) in [4.78, 5) is 29.3. The molecule has 0 aliphatic carbocycles. The SMILES string of the molecule is COc1ccc([C@H]2[C@H](C(=O)c3ccc(Cl)cc3)N3c4ccc(F)cc4C=C[C@@H]3[C@@]2(C#N)C(N)=O)cc1OC. The van der Waals surface area contributed by atoms with Crippen molar-refractivity contribution in [1.29, 1.82) is 5.26 Å². The lowest BCUT2D eigenvalue weighted by molar-refractivity contribution is -0.125. The molecular weight excluding hydrogens is 509 g/mol. The zero-order valence-electron chi connectivity index (χ0n) is 20.5. The summed E-state index contributed by atoms with van der Waals surface area (Å²) >= 11 is 6.07. The lowest BCUT2D eigenvalue weighted by Gasteiger charge is -2.36. The van der Waals surface area contributed by atoms with Gasteiger partial charge in [0.2, 0.25) is 5.91 Å². The number of nitriles is 1. The number of fused-ring (bicyclic) bond motifs is 3. The van der Waals surface area contributed by atoms with E-state index >= 15 is 0 Å². The molecule has 1 fully saturated rings. The second-order valence-corrected chi connectivity index (χ2v) is 9.60. The van der Waals surface area contributed by atoms with Crippen molar-refractivity contribution >= 4 is 35.1 Å². The van der Waals surface area contributed by atoms with Gasteiger partial charge in [0, 0.05) is 27.8 Å². The topological polar surface area (TPSA) is 106 Å². The molecule has 7 nitrogen and oxygen atoms in total. The maximum absolute atomic E-state index is 14.3. The van der Waals surface area contributed by atoms with E-state index in [2.05, 4.69) is 6.07 Å². The Hall–Kier alpha value is -4.35. The van der Waals surface area contributed by atoms with Crippen molar-refractivity contribution in [1.82, 2.24) is 0 Å². The van der Waals surface area contributed by atoms with Crippen LogP contribution in [0.15, 0.2) is 66.7 Å². The highest BCUT2D eigenvalue weighted by molar-refractivity contribution is 6.30. The Labute approximate surface area is 223 Å². The van der Waals surface area contributed by atoms with Crippen LogP contribution in [-0.2, 0) is 4.79 Å². The average Bonchev–Trinajstić information content (AvgIpc) is 3.24. The van der Waals surface area contributed by atoms with E-state index in [1.54, 1.807) is 65.6 Å². The summed E-state index contributed by atoms with van der Waals surface area (Å²) in [6.07, 6.45) is 3.29. The first-order valence-electron chi connectivity index (χ1n) is 11.8. The predicted octanol–water partition coefficient (Wildman–Crippen LogP) is 4.74. The first kappa shape index (κ1) is 25.3. The average molecular weight is 532 g/mol. The number of nitrogens with two attached hydrogens (primary N) is 1. The summed E-state index contributed by atoms with van der Waals surface area (Å²) in [5.41, 5.74) is 5.99. The van der Waals surface area contributed by atoms with Crippen LogP contribution in [0.3, 0.4) is 0 Å². The van der Waals surface area contributed by atoms with E-state index in [0.717, 1.165) is 0 Å². The maximum atomic E-state index is 14.3. The van der Waals surface area contributed by atoms with Gasteiger partial charge >= 0.3 is 0 Å². The molecule has 0 spiro atoms. The molecule has 2 aliphatic rings. The third kappa shape index (κ3) is 3.70. The number of hydrogen-bond donors (Lipinski definition) is 1. The molecule has 9 heteroatoms. The quantitative estimate of drug-likeness (QED) is 0.460. The lowest BCUT2D eigenvalue weighted by Crippen LogP contribution is -2.49. The standard InChI is InChI=1S/C29H23ClFN3O4/c1-37-22-11-5-18(14-23(22)38-2)25-26(27(35)16-3-7-19(30)8-4-16)34-21-10-9-20(31)13-17(21)6-12-24(34)29(25,15-32)28(33)36/h3-14,24-26H,1-2H3,(H2,33,36)/t24-,25+,26-,29-/m1/s1. The van der Waals surface area contributed by atoms with Crippen LogP contribution in [0.1, 0.15) is 27.4 Å². The first-order chi connectivity index (χ1) is 18.3. The summed E-state index contributed by atoms with van der Waals surface area (Å²) in [7, 11) is 2.96. The number of halogens is 2. The van der Waals surface area contributed by atoms with Crippen molar-refractivity contribution in [3.8, 4) is 17.6 Å². The van der Waals surface area contributed by atoms with E-state index in [1.807, 2.05) is 0 Å². The van der Waals surface area contributed by atoms with Gasteiger partial charge in [0.1, 0.15) is 11.9 Å². The van der Waals surface area contributed by atoms with Crippen LogP contribution in [0, 0.1) is 22.6 Å². The molecule has 1 amide bonds. The number of carbonyl (C=O) groups is 2. The van der Waals surface area contributed by atoms with E-state index < -0.39 is 35.1 Å². The van der Waals surface area contributed by atoms with Gasteiger partial charge in [0.25, 0.3) is 0 Å². The van der Waals surface area contributed by atoms with Crippen molar-refractivity contribution in [3.05, 3.63) is 94.3 Å². The highest BCUT2D eigenvalue weighted by Crippen LogP contribution is 2.56. The Morgan fingerprint density at radius 1 is 1.05 bits per heavy atom. The predicted molar refractivity (Wildman–Crippen MR) is 141 cm³/mol. The van der Waals surface area contributed by atoms with E-state index in [-0.39, 0.29) is 5.78 Å². The molecule has 38 heavy (non-hydrogen) atoms. The minimum Gasteiger partial charge on any atom is -0.493 e. The number of benzene rings is 3. The molecule has 0 saturated carbocycles. The molecule has 0 aromatic heterocycles. The molecule has 0 unspecified atom stereocenters. The molecule has 2 aliphatic heterocycles. The molecule has 4 atom stereocenters. The number of amides is 1. The smallest absolute Gasteiger partial charge is 0.241 e. The van der Waals surface area contributed by atoms with Gasteiger partial charge in [-0.05, 0) is 60.2 Å². The number of carbonyl (C=O) groups excluding carboxylic acids is 2. The summed E-state index contributed by atoms with van der Waals surface area (Å²) in [5.74, 6) is -1.90. The van der Waals surface area contributed by atoms with Gasteiger partial charge in [0.15, 0.2) is 22.7 Å². The van der Waals surface area contributed by atoms with Gasteiger partial charge < -0.3 is 20.1 Å². The van der Waals surface area contributed by atoms with Crippen LogP contribution < -0.4 is 20.1 Å². The van der Waals surface area contributed by atoms with Crippen LogP contribution in [0.5, 0.6) is 11.5 Å². The summed E-state index contributed by atoms with van der Waals surface area (Å²) in [5, 5.41) is 11.1. The monoisotopic (exact) mass is 531 g/mol. The third-order valence-corrected chi connectivity index (χ3v) is 7.61. The van der Waals surface area contributed by atoms with Gasteiger partial charge in [0.05, 0.1) is 26.3 Å². The van der Waals surface area contributed by atoms with Crippen molar-refractivity contribution < 1.29 is 23.5 Å². The number of Topliss-reactive ketones (excluding diaryl/α,β-unsaturated/α-hetero) is 1. The Kier molecular flexibility index (Phi) is 6.33. The Bertz CT molecular complexity index is 1520. The van der Waals surface area contributed by atoms with Gasteiger partial charge in [-0.25, -0.2) is 4.39 Å². The minimum atomic E-state index is -1.85. The van der Waals surface area contributed by atoms with Crippen molar-refractivity contribution in [3.63, 3.8) is 0 Å². The highest BCUT2D eigenvalue weighted by Gasteiger charge is 2.66. The Morgan fingerprint density at radius 2 is 1.76 bits per heavy atom. The minimum absolute atomic E-state index is 0.333. The number of anilines is 1. The second kappa shape index (κ2) is 9.51. The van der Waals surface area contributed by atoms with E-state index in [1.165, 1.54) is 26.4 Å². The normalized spacial score (nSPS) is 23.2. The number of nitrogens with zero attached hydrogens (tertiary/aromatic N) is 2. The molecule has 0 bridgehead atoms. The molecule has 1 saturated heterocycles. The largest absolute Gasteiger partial charge is 0.493 e. The Balaban J connectivity index is 1.81. The van der Waals surface area contributed by atoms with Crippen molar-refractivity contribution in [2.45, 2.75) is 18.0 Å². The van der Waals surface area contributed by atoms with Gasteiger partial charge in [-0.2, -0.15) is 5.26 Å². The molecule has 0 radical (unpaired) electrons. The summed E-state index contributed by atoms with van der Waals surface area (Å²) in [6.45, 7) is 0. The molecule has 5 rings (SSSR count). The van der Waals surface area contributed by atoms with Crippen molar-refractivity contribution in [2.24, 2.45) is 11.1 Å². The number of primary amides is 1. The van der Waals surface area contributed by atoms with Crippen LogP contribution in [0.25, 0.3) is 6.08 Å². The molecule has 3 aromatic carbocycles. The zero-order valence-corrected chi connectivity index (χ0v) is 21.3. The lowest BCUT2D eigenvalue weighted by atomic mass is 9.67. The van der Waals surface area contributed by atoms with E-state index in [9.17, 15) is 19.2 Å². The van der Waals surface area contributed by atoms with Crippen LogP contribution in [-0.4, -0.2) is 38.0 Å². The van der Waals surface area contributed by atoms with Crippen LogP contribution in [0.2, 0.25) is 5.02 Å². The van der Waals surface area contributed by atoms with E-state index in [4.69, 9.17) is 26.8 Å². The fraction of sp³-hybridized carbons (Fsp3) is 0.207. The second-order valence-electron chi connectivity index (χ2n) is 9.17. The summed E-state index contributed by atoms with van der Waals surface area (Å²) < 4.78 is 25.0. The summed E-state index contributed by atoms with van der Waals surface area (Å²) in [6, 6.07) is 15.8. The van der Waals surface area contributed by atoms with Crippen LogP contribution >= 0.6 is 11.6 Å². The fourth-order valence-electron chi connectivity index (χ4n) is 5.66. The van der Waals surface area contributed by atoms with E-state index in [0.29, 0.717) is 38.9 Å². The number of rotatable bonds is 6. The van der Waals surface area contributed by atoms with Crippen molar-refractivity contribution in [2.75, 3.05) is 19.1 Å². The molecule has 2 N–H and O–H groups in total. The molecule has 192 valence electrons. The van der Waals surface area contributed by atoms with Gasteiger partial charge in [-0.1, -0.05) is 29.8 Å².